The maximum atomic E-state index is 5.20. The Hall–Kier alpha value is -6.71. The zero-order valence-electron chi connectivity index (χ0n) is 27.2. The predicted octanol–water partition coefficient (Wildman–Crippen LogP) is 12.2. The Bertz CT molecular complexity index is 2610. The fourth-order valence-electron chi connectivity index (χ4n) is 6.76. The summed E-state index contributed by atoms with van der Waals surface area (Å²) in [7, 11) is 0. The zero-order chi connectivity index (χ0) is 33.3. The highest BCUT2D eigenvalue weighted by molar-refractivity contribution is 6.13. The van der Waals surface area contributed by atoms with Crippen LogP contribution in [0.15, 0.2) is 188 Å². The van der Waals surface area contributed by atoms with Crippen LogP contribution in [0.1, 0.15) is 0 Å². The fraction of sp³-hybridized carbons (Fsp3) is 0. The molecule has 7 aromatic carbocycles. The first-order valence-corrected chi connectivity index (χ1v) is 16.9. The number of aromatic nitrogens is 3. The smallest absolute Gasteiger partial charge is 0.160 e. The Kier molecular flexibility index (Phi) is 7.49. The summed E-state index contributed by atoms with van der Waals surface area (Å²) in [4.78, 5) is 15.3. The third-order valence-corrected chi connectivity index (χ3v) is 9.28. The lowest BCUT2D eigenvalue weighted by atomic mass is 9.94. The highest BCUT2D eigenvalue weighted by atomic mass is 14.9. The predicted molar refractivity (Wildman–Crippen MR) is 207 cm³/mol. The average molecular weight is 638 g/mol. The monoisotopic (exact) mass is 637 g/mol. The van der Waals surface area contributed by atoms with E-state index in [1.807, 2.05) is 24.3 Å². The molecule has 0 atom stereocenters. The number of pyridine rings is 1. The van der Waals surface area contributed by atoms with Gasteiger partial charge in [-0.05, 0) is 57.3 Å². The molecule has 50 heavy (non-hydrogen) atoms. The lowest BCUT2D eigenvalue weighted by molar-refractivity contribution is 1.18. The van der Waals surface area contributed by atoms with Gasteiger partial charge in [-0.2, -0.15) is 0 Å². The fourth-order valence-corrected chi connectivity index (χ4v) is 6.76. The maximum absolute atomic E-state index is 5.20. The van der Waals surface area contributed by atoms with Crippen LogP contribution in [-0.2, 0) is 0 Å². The normalized spacial score (nSPS) is 11.2. The minimum absolute atomic E-state index is 0.697. The number of rotatable bonds is 6. The number of benzene rings is 7. The van der Waals surface area contributed by atoms with Gasteiger partial charge in [-0.25, -0.2) is 15.0 Å². The molecule has 0 spiro atoms. The zero-order valence-corrected chi connectivity index (χ0v) is 27.2. The molecule has 0 bridgehead atoms. The highest BCUT2D eigenvalue weighted by Crippen LogP contribution is 2.37. The van der Waals surface area contributed by atoms with E-state index >= 15 is 0 Å². The van der Waals surface area contributed by atoms with Gasteiger partial charge in [-0.15, -0.1) is 0 Å². The number of hydrogen-bond acceptors (Lipinski definition) is 3. The van der Waals surface area contributed by atoms with Gasteiger partial charge in [0.2, 0.25) is 0 Å². The quantitative estimate of drug-likeness (QED) is 0.170. The van der Waals surface area contributed by atoms with Crippen LogP contribution >= 0.6 is 0 Å². The van der Waals surface area contributed by atoms with Gasteiger partial charge in [0.15, 0.2) is 5.82 Å². The van der Waals surface area contributed by atoms with Gasteiger partial charge in [0, 0.05) is 27.6 Å². The van der Waals surface area contributed by atoms with Crippen LogP contribution in [0, 0.1) is 0 Å². The van der Waals surface area contributed by atoms with Crippen LogP contribution in [0.3, 0.4) is 0 Å². The summed E-state index contributed by atoms with van der Waals surface area (Å²) < 4.78 is 0. The SMILES string of the molecule is c1ccc(-c2cccc(-c3cc(-c4ccc(-c5cc(-c6ccccc6)c6c(ccc7ccccc76)n5)cc4)nc(-c4ccccc4)n3)c2)cc1. The molecule has 0 fully saturated rings. The highest BCUT2D eigenvalue weighted by Gasteiger charge is 2.15. The Morgan fingerprint density at radius 2 is 0.840 bits per heavy atom. The first-order valence-electron chi connectivity index (χ1n) is 16.9. The van der Waals surface area contributed by atoms with Crippen molar-refractivity contribution in [1.82, 2.24) is 15.0 Å². The molecule has 0 unspecified atom stereocenters. The van der Waals surface area contributed by atoms with Gasteiger partial charge in [-0.1, -0.05) is 164 Å². The van der Waals surface area contributed by atoms with Crippen LogP contribution < -0.4 is 0 Å². The van der Waals surface area contributed by atoms with Crippen molar-refractivity contribution in [3.63, 3.8) is 0 Å². The summed E-state index contributed by atoms with van der Waals surface area (Å²) in [5, 5.41) is 3.59. The minimum Gasteiger partial charge on any atom is -0.248 e. The van der Waals surface area contributed by atoms with Gasteiger partial charge >= 0.3 is 0 Å². The lowest BCUT2D eigenvalue weighted by Gasteiger charge is -2.13. The van der Waals surface area contributed by atoms with Crippen LogP contribution in [0.4, 0.5) is 0 Å². The number of fused-ring (bicyclic) bond motifs is 3. The summed E-state index contributed by atoms with van der Waals surface area (Å²) in [6.07, 6.45) is 0. The average Bonchev–Trinajstić information content (AvgIpc) is 3.21. The van der Waals surface area contributed by atoms with E-state index in [-0.39, 0.29) is 0 Å². The van der Waals surface area contributed by atoms with E-state index in [1.54, 1.807) is 0 Å². The molecule has 9 rings (SSSR count). The van der Waals surface area contributed by atoms with E-state index in [1.165, 1.54) is 32.8 Å². The molecule has 0 amide bonds. The Morgan fingerprint density at radius 1 is 0.300 bits per heavy atom. The molecule has 0 N–H and O–H groups in total. The summed E-state index contributed by atoms with van der Waals surface area (Å²) in [6, 6.07) is 65.6. The molecule has 9 aromatic rings. The van der Waals surface area contributed by atoms with Crippen molar-refractivity contribution in [3.05, 3.63) is 188 Å². The lowest BCUT2D eigenvalue weighted by Crippen LogP contribution is -1.96. The van der Waals surface area contributed by atoms with Crippen molar-refractivity contribution in [1.29, 1.82) is 0 Å². The topological polar surface area (TPSA) is 38.7 Å². The number of nitrogens with zero attached hydrogens (tertiary/aromatic N) is 3. The van der Waals surface area contributed by atoms with Crippen molar-refractivity contribution in [2.45, 2.75) is 0 Å². The number of hydrogen-bond donors (Lipinski definition) is 0. The molecule has 2 aromatic heterocycles. The molecule has 0 saturated heterocycles. The third-order valence-electron chi connectivity index (χ3n) is 9.28. The van der Waals surface area contributed by atoms with Gasteiger partial charge in [0.05, 0.1) is 22.6 Å². The van der Waals surface area contributed by atoms with E-state index in [2.05, 4.69) is 164 Å². The standard InChI is InChI=1S/C47H31N3/c1-4-13-32(14-5-1)38-20-12-21-39(29-38)45-31-44(49-47(50-45)37-18-8-3-9-19-37)36-25-23-35(24-26-36)43-30-41(33-15-6-2-7-16-33)46-40-22-11-10-17-34(40)27-28-42(46)48-43/h1-31H. The van der Waals surface area contributed by atoms with E-state index in [4.69, 9.17) is 15.0 Å². The van der Waals surface area contributed by atoms with Crippen LogP contribution in [0.5, 0.6) is 0 Å². The summed E-state index contributed by atoms with van der Waals surface area (Å²) in [6.45, 7) is 0. The molecule has 3 heteroatoms. The van der Waals surface area contributed by atoms with Crippen LogP contribution in [0.25, 0.3) is 89.1 Å². The first kappa shape index (κ1) is 29.4. The molecular weight excluding hydrogens is 607 g/mol. The first-order chi connectivity index (χ1) is 24.8. The Morgan fingerprint density at radius 3 is 1.54 bits per heavy atom. The summed E-state index contributed by atoms with van der Waals surface area (Å²) in [5.74, 6) is 0.697. The van der Waals surface area contributed by atoms with Crippen molar-refractivity contribution in [2.75, 3.05) is 0 Å². The largest absolute Gasteiger partial charge is 0.248 e. The third kappa shape index (κ3) is 5.61. The van der Waals surface area contributed by atoms with Gasteiger partial charge in [0.1, 0.15) is 0 Å². The Balaban J connectivity index is 1.15. The summed E-state index contributed by atoms with van der Waals surface area (Å²) in [5.41, 5.74) is 12.4. The molecule has 2 heterocycles. The maximum Gasteiger partial charge on any atom is 0.160 e. The second-order valence-electron chi connectivity index (χ2n) is 12.5. The molecule has 234 valence electrons. The van der Waals surface area contributed by atoms with E-state index in [9.17, 15) is 0 Å². The van der Waals surface area contributed by atoms with Gasteiger partial charge in [0.25, 0.3) is 0 Å². The molecule has 0 aliphatic rings. The van der Waals surface area contributed by atoms with E-state index < -0.39 is 0 Å². The van der Waals surface area contributed by atoms with Crippen LogP contribution in [0.2, 0.25) is 0 Å². The molecule has 0 aliphatic heterocycles. The summed E-state index contributed by atoms with van der Waals surface area (Å²) >= 11 is 0. The van der Waals surface area contributed by atoms with Gasteiger partial charge in [-0.3, -0.25) is 0 Å². The van der Waals surface area contributed by atoms with Crippen LogP contribution in [-0.4, -0.2) is 15.0 Å². The molecule has 0 radical (unpaired) electrons. The van der Waals surface area contributed by atoms with Crippen molar-refractivity contribution in [2.24, 2.45) is 0 Å². The van der Waals surface area contributed by atoms with E-state index in [0.29, 0.717) is 5.82 Å². The molecular formula is C47H31N3. The van der Waals surface area contributed by atoms with E-state index in [0.717, 1.165) is 50.4 Å². The molecule has 0 aliphatic carbocycles. The second-order valence-corrected chi connectivity index (χ2v) is 12.5. The van der Waals surface area contributed by atoms with Crippen molar-refractivity contribution in [3.8, 4) is 67.4 Å². The minimum atomic E-state index is 0.697. The van der Waals surface area contributed by atoms with Crippen molar-refractivity contribution >= 4 is 21.7 Å². The Labute approximate surface area is 291 Å². The van der Waals surface area contributed by atoms with Gasteiger partial charge < -0.3 is 0 Å². The molecule has 3 nitrogen and oxygen atoms in total. The van der Waals surface area contributed by atoms with Crippen molar-refractivity contribution < 1.29 is 0 Å². The molecule has 0 saturated carbocycles. The second kappa shape index (κ2) is 12.7.